The Morgan fingerprint density at radius 3 is 2.65 bits per heavy atom. The van der Waals surface area contributed by atoms with Crippen molar-refractivity contribution in [2.24, 2.45) is 7.05 Å². The van der Waals surface area contributed by atoms with Gasteiger partial charge in [0.2, 0.25) is 5.91 Å². The van der Waals surface area contributed by atoms with Gasteiger partial charge in [0.1, 0.15) is 0 Å². The zero-order valence-corrected chi connectivity index (χ0v) is 17.2. The first-order valence-corrected chi connectivity index (χ1v) is 8.45. The summed E-state index contributed by atoms with van der Waals surface area (Å²) >= 11 is 0. The molecule has 0 saturated carbocycles. The molecule has 0 bridgehead atoms. The maximum absolute atomic E-state index is 12.5. The van der Waals surface area contributed by atoms with Crippen LogP contribution in [-0.2, 0) is 18.3 Å². The van der Waals surface area contributed by atoms with Crippen molar-refractivity contribution in [1.29, 1.82) is 0 Å². The second kappa shape index (κ2) is 8.88. The third-order valence-corrected chi connectivity index (χ3v) is 4.98. The predicted molar refractivity (Wildman–Crippen MR) is 108 cm³/mol. The Bertz CT molecular complexity index is 846. The minimum atomic E-state index is -0.0710. The number of hydrogen-bond acceptors (Lipinski definition) is 4. The molecule has 1 aliphatic rings. The van der Waals surface area contributed by atoms with Crippen LogP contribution in [0.2, 0.25) is 0 Å². The molecule has 1 atom stereocenters. The number of carbonyl (C=O) groups is 1. The number of nitrogens with zero attached hydrogens (tertiary/aromatic N) is 3. The van der Waals surface area contributed by atoms with Gasteiger partial charge >= 0.3 is 0 Å². The van der Waals surface area contributed by atoms with Crippen molar-refractivity contribution in [2.45, 2.75) is 39.7 Å². The number of carbonyl (C=O) groups excluding carboxylic acids is 1. The van der Waals surface area contributed by atoms with E-state index in [2.05, 4.69) is 22.3 Å². The summed E-state index contributed by atoms with van der Waals surface area (Å²) < 4.78 is 1.45. The van der Waals surface area contributed by atoms with Crippen molar-refractivity contribution in [3.8, 4) is 0 Å². The fraction of sp³-hybridized carbons (Fsp3) is 0.588. The van der Waals surface area contributed by atoms with E-state index in [1.807, 2.05) is 18.7 Å². The molecule has 2 N–H and O–H groups in total. The lowest BCUT2D eigenvalue weighted by Crippen LogP contribution is -2.52. The van der Waals surface area contributed by atoms with Crippen LogP contribution in [0.5, 0.6) is 0 Å². The molecule has 1 fully saturated rings. The Hall–Kier alpha value is -1.57. The summed E-state index contributed by atoms with van der Waals surface area (Å²) in [6, 6.07) is 0.228. The molecular formula is C17H27Cl2N5O2. The van der Waals surface area contributed by atoms with Crippen molar-refractivity contribution in [2.75, 3.05) is 19.6 Å². The standard InChI is InChI=1S/C17H25N5O2.2ClH/c1-10-9-18-7-8-22(10)14(23)6-5-13-11(2)15-16(19-12(13)3)20-21(4)17(15)24;;/h10,18H,5-9H2,1-4H3,(H,19,20);2*1H/t10-;;/m0../s1. The molecule has 1 aliphatic heterocycles. The number of piperazine rings is 1. The summed E-state index contributed by atoms with van der Waals surface area (Å²) in [5, 5.41) is 6.89. The molecule has 9 heteroatoms. The average Bonchev–Trinajstić information content (AvgIpc) is 2.81. The molecule has 146 valence electrons. The highest BCUT2D eigenvalue weighted by Gasteiger charge is 2.23. The van der Waals surface area contributed by atoms with Crippen molar-refractivity contribution >= 4 is 41.8 Å². The maximum atomic E-state index is 12.5. The highest BCUT2D eigenvalue weighted by Crippen LogP contribution is 2.21. The van der Waals surface area contributed by atoms with E-state index in [4.69, 9.17) is 0 Å². The van der Waals surface area contributed by atoms with E-state index in [0.717, 1.165) is 36.5 Å². The van der Waals surface area contributed by atoms with Crippen LogP contribution < -0.4 is 10.9 Å². The zero-order chi connectivity index (χ0) is 17.4. The van der Waals surface area contributed by atoms with E-state index in [-0.39, 0.29) is 42.3 Å². The number of halogens is 2. The van der Waals surface area contributed by atoms with Crippen LogP contribution in [-0.4, -0.2) is 51.2 Å². The van der Waals surface area contributed by atoms with Crippen molar-refractivity contribution in [3.63, 3.8) is 0 Å². The lowest BCUT2D eigenvalue weighted by molar-refractivity contribution is -0.133. The van der Waals surface area contributed by atoms with Gasteiger partial charge in [0.05, 0.1) is 5.39 Å². The van der Waals surface area contributed by atoms with Crippen LogP contribution in [0.4, 0.5) is 0 Å². The molecule has 3 heterocycles. The Balaban J connectivity index is 0.00000169. The number of nitrogens with one attached hydrogen (secondary N) is 2. The third-order valence-electron chi connectivity index (χ3n) is 4.98. The van der Waals surface area contributed by atoms with Gasteiger partial charge in [0.25, 0.3) is 5.56 Å². The van der Waals surface area contributed by atoms with Crippen LogP contribution in [0.1, 0.15) is 30.2 Å². The van der Waals surface area contributed by atoms with Gasteiger partial charge < -0.3 is 10.2 Å². The molecule has 1 amide bonds. The summed E-state index contributed by atoms with van der Waals surface area (Å²) in [7, 11) is 1.69. The first-order valence-electron chi connectivity index (χ1n) is 8.45. The van der Waals surface area contributed by atoms with Gasteiger partial charge in [-0.3, -0.25) is 19.4 Å². The molecule has 7 nitrogen and oxygen atoms in total. The quantitative estimate of drug-likeness (QED) is 0.812. The molecule has 0 aromatic carbocycles. The van der Waals surface area contributed by atoms with Crippen LogP contribution in [0.15, 0.2) is 4.79 Å². The molecule has 0 radical (unpaired) electrons. The smallest absolute Gasteiger partial charge is 0.276 e. The molecule has 1 saturated heterocycles. The summed E-state index contributed by atoms with van der Waals surface area (Å²) in [6.07, 6.45) is 1.06. The largest absolute Gasteiger partial charge is 0.337 e. The van der Waals surface area contributed by atoms with Gasteiger partial charge in [0.15, 0.2) is 5.65 Å². The van der Waals surface area contributed by atoms with E-state index in [9.17, 15) is 9.59 Å². The first-order chi connectivity index (χ1) is 11.4. The minimum Gasteiger partial charge on any atom is -0.337 e. The van der Waals surface area contributed by atoms with Gasteiger partial charge in [-0.15, -0.1) is 24.8 Å². The lowest BCUT2D eigenvalue weighted by Gasteiger charge is -2.34. The number of aromatic amines is 1. The zero-order valence-electron chi connectivity index (χ0n) is 15.6. The molecule has 26 heavy (non-hydrogen) atoms. The van der Waals surface area contributed by atoms with Crippen molar-refractivity contribution in [1.82, 2.24) is 25.0 Å². The Morgan fingerprint density at radius 2 is 2.00 bits per heavy atom. The second-order valence-corrected chi connectivity index (χ2v) is 6.64. The molecule has 0 unspecified atom stereocenters. The van der Waals surface area contributed by atoms with Gasteiger partial charge in [-0.05, 0) is 38.3 Å². The fourth-order valence-corrected chi connectivity index (χ4v) is 3.57. The highest BCUT2D eigenvalue weighted by molar-refractivity contribution is 5.85. The fourth-order valence-electron chi connectivity index (χ4n) is 3.57. The number of aromatic nitrogens is 3. The minimum absolute atomic E-state index is 0. The van der Waals surface area contributed by atoms with Gasteiger partial charge in [0, 0.05) is 44.8 Å². The highest BCUT2D eigenvalue weighted by atomic mass is 35.5. The first kappa shape index (κ1) is 22.5. The Morgan fingerprint density at radius 1 is 1.31 bits per heavy atom. The van der Waals surface area contributed by atoms with E-state index in [0.29, 0.717) is 23.9 Å². The number of fused-ring (bicyclic) bond motifs is 1. The summed E-state index contributed by atoms with van der Waals surface area (Å²) in [4.78, 5) is 31.3. The normalized spacial score (nSPS) is 16.9. The number of amides is 1. The number of pyridine rings is 1. The average molecular weight is 404 g/mol. The van der Waals surface area contributed by atoms with Crippen molar-refractivity contribution < 1.29 is 4.79 Å². The topological polar surface area (TPSA) is 83.0 Å². The van der Waals surface area contributed by atoms with Crippen LogP contribution in [0.3, 0.4) is 0 Å². The monoisotopic (exact) mass is 403 g/mol. The van der Waals surface area contributed by atoms with Gasteiger partial charge in [-0.1, -0.05) is 0 Å². The Labute approximate surface area is 165 Å². The Kier molecular flexibility index (Phi) is 7.68. The van der Waals surface area contributed by atoms with Crippen molar-refractivity contribution in [3.05, 3.63) is 27.2 Å². The number of aryl methyl sites for hydroxylation is 3. The third kappa shape index (κ3) is 4.05. The number of H-pyrrole nitrogens is 1. The van der Waals surface area contributed by atoms with E-state index in [1.165, 1.54) is 4.68 Å². The van der Waals surface area contributed by atoms with Gasteiger partial charge in [-0.2, -0.15) is 0 Å². The molecular weight excluding hydrogens is 377 g/mol. The second-order valence-electron chi connectivity index (χ2n) is 6.64. The van der Waals surface area contributed by atoms with Crippen LogP contribution in [0.25, 0.3) is 11.0 Å². The SMILES string of the molecule is Cc1nc2[nH]n(C)c(=O)c2c(C)c1CCC(=O)N1CCNC[C@@H]1C.Cl.Cl. The van der Waals surface area contributed by atoms with Gasteiger partial charge in [-0.25, -0.2) is 4.98 Å². The number of rotatable bonds is 3. The summed E-state index contributed by atoms with van der Waals surface area (Å²) in [6.45, 7) is 8.40. The predicted octanol–water partition coefficient (Wildman–Crippen LogP) is 1.47. The molecule has 2 aromatic rings. The molecule has 0 aliphatic carbocycles. The summed E-state index contributed by atoms with van der Waals surface area (Å²) in [5.41, 5.74) is 3.36. The van der Waals surface area contributed by atoms with Crippen LogP contribution >= 0.6 is 24.8 Å². The van der Waals surface area contributed by atoms with E-state index in [1.54, 1.807) is 7.05 Å². The molecule has 3 rings (SSSR count). The maximum Gasteiger partial charge on any atom is 0.276 e. The summed E-state index contributed by atoms with van der Waals surface area (Å²) in [5.74, 6) is 0.171. The van der Waals surface area contributed by atoms with Crippen LogP contribution in [0, 0.1) is 13.8 Å². The lowest BCUT2D eigenvalue weighted by atomic mass is 10.00. The van der Waals surface area contributed by atoms with E-state index >= 15 is 0 Å². The van der Waals surface area contributed by atoms with E-state index < -0.39 is 0 Å². The number of hydrogen-bond donors (Lipinski definition) is 2. The molecule has 0 spiro atoms. The molecule has 2 aromatic heterocycles.